The van der Waals surface area contributed by atoms with Gasteiger partial charge in [0, 0.05) is 12.6 Å². The first-order valence-corrected chi connectivity index (χ1v) is 5.25. The fourth-order valence-electron chi connectivity index (χ4n) is 1.34. The third-order valence-corrected chi connectivity index (χ3v) is 2.86. The molecule has 2 heterocycles. The molecule has 0 spiro atoms. The largest absolute Gasteiger partial charge is 0.263 e. The van der Waals surface area contributed by atoms with Crippen molar-refractivity contribution in [3.8, 4) is 16.6 Å². The summed E-state index contributed by atoms with van der Waals surface area (Å²) in [5.41, 5.74) is 1.51. The molecule has 0 saturated carbocycles. The molecule has 2 rings (SSSR count). The lowest BCUT2D eigenvalue weighted by atomic mass is 10.3. The van der Waals surface area contributed by atoms with Crippen LogP contribution in [0.5, 0.6) is 0 Å². The van der Waals surface area contributed by atoms with Crippen LogP contribution < -0.4 is 0 Å². The fraction of sp³-hybridized carbons (Fsp3) is 0.200. The molecule has 0 N–H and O–H groups in total. The minimum Gasteiger partial charge on any atom is -0.263 e. The zero-order valence-electron chi connectivity index (χ0n) is 7.77. The Labute approximate surface area is 86.2 Å². The Kier molecular flexibility index (Phi) is 2.33. The highest BCUT2D eigenvalue weighted by atomic mass is 32.1. The number of thiophene rings is 1. The van der Waals surface area contributed by atoms with Gasteiger partial charge in [0.25, 0.3) is 0 Å². The van der Waals surface area contributed by atoms with Gasteiger partial charge in [-0.3, -0.25) is 4.68 Å². The normalized spacial score (nSPS) is 10.0. The molecule has 0 radical (unpaired) electrons. The molecule has 2 aromatic rings. The third kappa shape index (κ3) is 1.42. The maximum absolute atomic E-state index is 8.75. The first-order chi connectivity index (χ1) is 6.85. The number of nitrogens with zero attached hydrogens (tertiary/aromatic N) is 3. The zero-order chi connectivity index (χ0) is 9.97. The van der Waals surface area contributed by atoms with Crippen LogP contribution in [0.25, 0.3) is 10.6 Å². The Bertz CT molecular complexity index is 462. The molecule has 0 aliphatic rings. The zero-order valence-corrected chi connectivity index (χ0v) is 8.58. The molecule has 4 heteroatoms. The molecule has 14 heavy (non-hydrogen) atoms. The van der Waals surface area contributed by atoms with Crippen molar-refractivity contribution in [2.45, 2.75) is 13.5 Å². The van der Waals surface area contributed by atoms with Gasteiger partial charge in [-0.15, -0.1) is 11.3 Å². The topological polar surface area (TPSA) is 41.6 Å². The first-order valence-electron chi connectivity index (χ1n) is 4.37. The summed E-state index contributed by atoms with van der Waals surface area (Å²) in [6.07, 6.45) is 0. The van der Waals surface area contributed by atoms with Crippen molar-refractivity contribution in [2.75, 3.05) is 0 Å². The monoisotopic (exact) mass is 203 g/mol. The van der Waals surface area contributed by atoms with E-state index >= 15 is 0 Å². The predicted molar refractivity (Wildman–Crippen MR) is 55.9 cm³/mol. The minimum absolute atomic E-state index is 0.482. The van der Waals surface area contributed by atoms with Gasteiger partial charge in [0.2, 0.25) is 0 Å². The molecule has 70 valence electrons. The highest BCUT2D eigenvalue weighted by Gasteiger charge is 2.08. The van der Waals surface area contributed by atoms with Gasteiger partial charge in [0.1, 0.15) is 6.07 Å². The van der Waals surface area contributed by atoms with Crippen molar-refractivity contribution < 1.29 is 0 Å². The van der Waals surface area contributed by atoms with Gasteiger partial charge in [-0.2, -0.15) is 10.4 Å². The lowest BCUT2D eigenvalue weighted by Gasteiger charge is -2.00. The van der Waals surface area contributed by atoms with Gasteiger partial charge in [-0.1, -0.05) is 6.07 Å². The summed E-state index contributed by atoms with van der Waals surface area (Å²) in [5.74, 6) is 0. The number of rotatable bonds is 2. The number of hydrogen-bond donors (Lipinski definition) is 0. The van der Waals surface area contributed by atoms with Crippen molar-refractivity contribution in [3.05, 3.63) is 29.3 Å². The summed E-state index contributed by atoms with van der Waals surface area (Å²) in [5, 5.41) is 14.9. The molecule has 0 amide bonds. The number of aryl methyl sites for hydroxylation is 1. The average molecular weight is 203 g/mol. The molecule has 0 unspecified atom stereocenters. The SMILES string of the molecule is CCn1nc(C#N)cc1-c1cccs1. The van der Waals surface area contributed by atoms with Crippen LogP contribution in [0, 0.1) is 11.3 Å². The van der Waals surface area contributed by atoms with Crippen LogP contribution in [-0.4, -0.2) is 9.78 Å². The summed E-state index contributed by atoms with van der Waals surface area (Å²) in [4.78, 5) is 1.15. The van der Waals surface area contributed by atoms with Crippen molar-refractivity contribution in [1.82, 2.24) is 9.78 Å². The van der Waals surface area contributed by atoms with E-state index in [0.717, 1.165) is 17.1 Å². The predicted octanol–water partition coefficient (Wildman–Crippen LogP) is 2.50. The molecule has 0 aliphatic heterocycles. The maximum Gasteiger partial charge on any atom is 0.163 e. The van der Waals surface area contributed by atoms with Gasteiger partial charge in [0.05, 0.1) is 10.6 Å². The van der Waals surface area contributed by atoms with Crippen molar-refractivity contribution in [1.29, 1.82) is 5.26 Å². The van der Waals surface area contributed by atoms with Crippen molar-refractivity contribution in [3.63, 3.8) is 0 Å². The van der Waals surface area contributed by atoms with Gasteiger partial charge in [-0.05, 0) is 18.4 Å². The molecule has 0 aromatic carbocycles. The molecule has 0 fully saturated rings. The van der Waals surface area contributed by atoms with Crippen LogP contribution in [0.15, 0.2) is 23.6 Å². The third-order valence-electron chi connectivity index (χ3n) is 1.97. The van der Waals surface area contributed by atoms with E-state index in [1.54, 1.807) is 11.3 Å². The van der Waals surface area contributed by atoms with Crippen LogP contribution in [-0.2, 0) is 6.54 Å². The van der Waals surface area contributed by atoms with E-state index in [0.29, 0.717) is 5.69 Å². The summed E-state index contributed by atoms with van der Waals surface area (Å²) < 4.78 is 1.85. The van der Waals surface area contributed by atoms with Crippen LogP contribution in [0.2, 0.25) is 0 Å². The summed E-state index contributed by atoms with van der Waals surface area (Å²) >= 11 is 1.66. The van der Waals surface area contributed by atoms with E-state index in [9.17, 15) is 0 Å². The van der Waals surface area contributed by atoms with Gasteiger partial charge < -0.3 is 0 Å². The molecule has 3 nitrogen and oxygen atoms in total. The average Bonchev–Trinajstić information content (AvgIpc) is 2.85. The standard InChI is InChI=1S/C10H9N3S/c1-2-13-9(6-8(7-11)12-13)10-4-3-5-14-10/h3-6H,2H2,1H3. The highest BCUT2D eigenvalue weighted by molar-refractivity contribution is 7.13. The van der Waals surface area contributed by atoms with E-state index in [2.05, 4.69) is 11.2 Å². The Balaban J connectivity index is 2.53. The van der Waals surface area contributed by atoms with E-state index in [1.807, 2.05) is 35.2 Å². The Hall–Kier alpha value is -1.60. The molecular formula is C10H9N3S. The number of hydrogen-bond acceptors (Lipinski definition) is 3. The van der Waals surface area contributed by atoms with E-state index < -0.39 is 0 Å². The Morgan fingerprint density at radius 3 is 3.07 bits per heavy atom. The van der Waals surface area contributed by atoms with E-state index in [-0.39, 0.29) is 0 Å². The summed E-state index contributed by atoms with van der Waals surface area (Å²) in [6, 6.07) is 7.92. The van der Waals surface area contributed by atoms with Gasteiger partial charge >= 0.3 is 0 Å². The number of nitriles is 1. The lowest BCUT2D eigenvalue weighted by molar-refractivity contribution is 0.665. The molecule has 0 aliphatic carbocycles. The van der Waals surface area contributed by atoms with Crippen LogP contribution in [0.3, 0.4) is 0 Å². The summed E-state index contributed by atoms with van der Waals surface area (Å²) in [7, 11) is 0. The van der Waals surface area contributed by atoms with Crippen LogP contribution in [0.4, 0.5) is 0 Å². The molecule has 0 saturated heterocycles. The lowest BCUT2D eigenvalue weighted by Crippen LogP contribution is -1.98. The molecular weight excluding hydrogens is 194 g/mol. The second-order valence-corrected chi connectivity index (χ2v) is 3.77. The van der Waals surface area contributed by atoms with E-state index in [4.69, 9.17) is 5.26 Å². The summed E-state index contributed by atoms with van der Waals surface area (Å²) in [6.45, 7) is 2.81. The minimum atomic E-state index is 0.482. The maximum atomic E-state index is 8.75. The van der Waals surface area contributed by atoms with Crippen LogP contribution in [0.1, 0.15) is 12.6 Å². The molecule has 0 bridgehead atoms. The highest BCUT2D eigenvalue weighted by Crippen LogP contribution is 2.25. The second-order valence-electron chi connectivity index (χ2n) is 2.82. The van der Waals surface area contributed by atoms with Crippen LogP contribution >= 0.6 is 11.3 Å². The fourth-order valence-corrected chi connectivity index (χ4v) is 2.08. The number of aromatic nitrogens is 2. The van der Waals surface area contributed by atoms with Gasteiger partial charge in [-0.25, -0.2) is 0 Å². The Morgan fingerprint density at radius 2 is 2.50 bits per heavy atom. The van der Waals surface area contributed by atoms with Crippen molar-refractivity contribution in [2.24, 2.45) is 0 Å². The van der Waals surface area contributed by atoms with Gasteiger partial charge in [0.15, 0.2) is 5.69 Å². The first kappa shape index (κ1) is 8.97. The second kappa shape index (κ2) is 3.64. The quantitative estimate of drug-likeness (QED) is 0.752. The molecule has 0 atom stereocenters. The Morgan fingerprint density at radius 1 is 1.64 bits per heavy atom. The van der Waals surface area contributed by atoms with Crippen molar-refractivity contribution >= 4 is 11.3 Å². The smallest absolute Gasteiger partial charge is 0.163 e. The molecule has 2 aromatic heterocycles. The van der Waals surface area contributed by atoms with E-state index in [1.165, 1.54) is 0 Å².